The predicted octanol–water partition coefficient (Wildman–Crippen LogP) is 23.3. The van der Waals surface area contributed by atoms with Gasteiger partial charge in [0.15, 0.2) is 6.10 Å². The summed E-state index contributed by atoms with van der Waals surface area (Å²) >= 11 is 0. The van der Waals surface area contributed by atoms with Crippen molar-refractivity contribution in [3.8, 4) is 0 Å². The number of ether oxygens (including phenoxy) is 3. The molecule has 6 heteroatoms. The zero-order valence-corrected chi connectivity index (χ0v) is 51.9. The smallest absolute Gasteiger partial charge is 0.309 e. The minimum Gasteiger partial charge on any atom is -0.462 e. The summed E-state index contributed by atoms with van der Waals surface area (Å²) in [6, 6.07) is 0. The van der Waals surface area contributed by atoms with Crippen molar-refractivity contribution >= 4 is 17.9 Å². The molecule has 0 spiro atoms. The Morgan fingerprint density at radius 1 is 0.282 bits per heavy atom. The first-order valence-electron chi connectivity index (χ1n) is 33.9. The second-order valence-electron chi connectivity index (χ2n) is 22.7. The van der Waals surface area contributed by atoms with Crippen LogP contribution in [0.25, 0.3) is 0 Å². The van der Waals surface area contributed by atoms with Gasteiger partial charge < -0.3 is 14.2 Å². The van der Waals surface area contributed by atoms with Gasteiger partial charge in [-0.05, 0) is 70.6 Å². The molecule has 1 unspecified atom stereocenters. The number of carbonyl (C=O) groups is 3. The number of hydrogen-bond donors (Lipinski definition) is 0. The SMILES string of the molecule is CC/C=C\C/C=C\C/C=C\C/C=C\C/C=C\CC(=O)OCC(COC(=O)CCCCCCCCCCCCCCC/C=C\CCCCCCCCCC)OC(=O)CCCCCCCCCCCCCCCCCCCCCC. The molecule has 0 bridgehead atoms. The highest BCUT2D eigenvalue weighted by Crippen LogP contribution is 2.18. The summed E-state index contributed by atoms with van der Waals surface area (Å²) in [6.45, 7) is 6.49. The molecule has 0 amide bonds. The topological polar surface area (TPSA) is 78.9 Å². The van der Waals surface area contributed by atoms with Gasteiger partial charge in [-0.2, -0.15) is 0 Å². The lowest BCUT2D eigenvalue weighted by molar-refractivity contribution is -0.166. The average molecular weight is 1090 g/mol. The number of hydrogen-bond acceptors (Lipinski definition) is 6. The molecular formula is C72H128O6. The van der Waals surface area contributed by atoms with Gasteiger partial charge in [0.25, 0.3) is 0 Å². The van der Waals surface area contributed by atoms with Crippen LogP contribution in [0.4, 0.5) is 0 Å². The molecule has 0 aromatic heterocycles. The maximum Gasteiger partial charge on any atom is 0.309 e. The van der Waals surface area contributed by atoms with E-state index in [2.05, 4.69) is 81.5 Å². The first-order chi connectivity index (χ1) is 38.5. The average Bonchev–Trinajstić information content (AvgIpc) is 3.44. The van der Waals surface area contributed by atoms with E-state index in [4.69, 9.17) is 14.2 Å². The third kappa shape index (κ3) is 63.7. The number of allylic oxidation sites excluding steroid dienone is 11. The fraction of sp³-hybridized carbons (Fsp3) is 0.792. The minimum atomic E-state index is -0.814. The first-order valence-corrected chi connectivity index (χ1v) is 33.9. The van der Waals surface area contributed by atoms with Gasteiger partial charge in [0, 0.05) is 12.8 Å². The molecule has 78 heavy (non-hydrogen) atoms. The largest absolute Gasteiger partial charge is 0.462 e. The van der Waals surface area contributed by atoms with Gasteiger partial charge in [-0.3, -0.25) is 14.4 Å². The third-order valence-corrected chi connectivity index (χ3v) is 15.0. The molecule has 0 heterocycles. The maximum absolute atomic E-state index is 12.9. The van der Waals surface area contributed by atoms with Crippen molar-refractivity contribution in [3.63, 3.8) is 0 Å². The third-order valence-electron chi connectivity index (χ3n) is 15.0. The second kappa shape index (κ2) is 66.4. The molecule has 0 N–H and O–H groups in total. The van der Waals surface area contributed by atoms with Gasteiger partial charge >= 0.3 is 17.9 Å². The zero-order valence-electron chi connectivity index (χ0n) is 51.9. The Hall–Kier alpha value is -3.15. The molecule has 0 aromatic rings. The monoisotopic (exact) mass is 1090 g/mol. The standard InChI is InChI=1S/C72H128O6/c1-4-7-10-13-16-19-22-25-28-30-32-34-35-36-37-38-40-41-44-47-50-53-56-59-62-65-71(74)77-68-69(67-76-70(73)64-61-58-55-52-49-46-43-27-24-21-18-15-12-9-6-3)78-72(75)66-63-60-57-54-51-48-45-42-39-33-31-29-26-23-20-17-14-11-8-5-2/h9,12,18,21,27,30,32,43,49,52,58,61,69H,4-8,10-11,13-17,19-20,22-26,28-29,31,33-42,44-48,50-51,53-57,59-60,62-68H2,1-3H3/b12-9-,21-18-,32-30-,43-27-,52-49-,61-58-. The van der Waals surface area contributed by atoms with Crippen LogP contribution in [0, 0.1) is 0 Å². The molecule has 1 atom stereocenters. The van der Waals surface area contributed by atoms with Gasteiger partial charge in [-0.15, -0.1) is 0 Å². The van der Waals surface area contributed by atoms with Crippen LogP contribution in [-0.4, -0.2) is 37.2 Å². The highest BCUT2D eigenvalue weighted by atomic mass is 16.6. The number of unbranched alkanes of at least 4 members (excludes halogenated alkanes) is 40. The Labute approximate surface area is 484 Å². The fourth-order valence-corrected chi connectivity index (χ4v) is 9.93. The minimum absolute atomic E-state index is 0.102. The fourth-order valence-electron chi connectivity index (χ4n) is 9.93. The van der Waals surface area contributed by atoms with Crippen LogP contribution >= 0.6 is 0 Å². The van der Waals surface area contributed by atoms with Crippen LogP contribution in [0.3, 0.4) is 0 Å². The molecule has 0 aliphatic carbocycles. The summed E-state index contributed by atoms with van der Waals surface area (Å²) < 4.78 is 16.9. The molecule has 452 valence electrons. The molecule has 6 nitrogen and oxygen atoms in total. The lowest BCUT2D eigenvalue weighted by atomic mass is 10.0. The van der Waals surface area contributed by atoms with E-state index in [0.29, 0.717) is 12.8 Å². The highest BCUT2D eigenvalue weighted by Gasteiger charge is 2.19. The summed E-state index contributed by atoms with van der Waals surface area (Å²) in [5.74, 6) is -1.02. The lowest BCUT2D eigenvalue weighted by Gasteiger charge is -2.18. The van der Waals surface area contributed by atoms with Gasteiger partial charge in [0.05, 0.1) is 6.42 Å². The summed E-state index contributed by atoms with van der Waals surface area (Å²) in [7, 11) is 0. The van der Waals surface area contributed by atoms with E-state index in [1.54, 1.807) is 0 Å². The van der Waals surface area contributed by atoms with E-state index in [1.807, 2.05) is 12.2 Å². The maximum atomic E-state index is 12.9. The van der Waals surface area contributed by atoms with Gasteiger partial charge in [0.1, 0.15) is 13.2 Å². The molecule has 0 saturated heterocycles. The van der Waals surface area contributed by atoms with E-state index in [0.717, 1.165) is 70.6 Å². The van der Waals surface area contributed by atoms with Crippen LogP contribution in [-0.2, 0) is 28.6 Å². The lowest BCUT2D eigenvalue weighted by Crippen LogP contribution is -2.30. The molecule has 0 aliphatic rings. The molecule has 0 saturated carbocycles. The van der Waals surface area contributed by atoms with Gasteiger partial charge in [-0.25, -0.2) is 0 Å². The zero-order chi connectivity index (χ0) is 56.4. The van der Waals surface area contributed by atoms with Crippen molar-refractivity contribution in [1.29, 1.82) is 0 Å². The van der Waals surface area contributed by atoms with Crippen molar-refractivity contribution in [2.45, 2.75) is 354 Å². The number of carbonyl (C=O) groups excluding carboxylic acids is 3. The summed E-state index contributed by atoms with van der Waals surface area (Å²) in [4.78, 5) is 38.3. The first kappa shape index (κ1) is 74.8. The van der Waals surface area contributed by atoms with Crippen molar-refractivity contribution in [1.82, 2.24) is 0 Å². The van der Waals surface area contributed by atoms with Crippen molar-refractivity contribution in [2.24, 2.45) is 0 Å². The summed E-state index contributed by atoms with van der Waals surface area (Å²) in [5.41, 5.74) is 0. The molecule has 0 aromatic carbocycles. The molecule has 0 rings (SSSR count). The number of esters is 3. The van der Waals surface area contributed by atoms with Crippen molar-refractivity contribution in [3.05, 3.63) is 72.9 Å². The Kier molecular flexibility index (Phi) is 63.7. The predicted molar refractivity (Wildman–Crippen MR) is 339 cm³/mol. The Morgan fingerprint density at radius 3 is 0.885 bits per heavy atom. The quantitative estimate of drug-likeness (QED) is 0.0261. The van der Waals surface area contributed by atoms with Gasteiger partial charge in [-0.1, -0.05) is 331 Å². The van der Waals surface area contributed by atoms with Crippen molar-refractivity contribution in [2.75, 3.05) is 13.2 Å². The highest BCUT2D eigenvalue weighted by molar-refractivity contribution is 5.72. The van der Waals surface area contributed by atoms with Crippen LogP contribution in [0.15, 0.2) is 72.9 Å². The molecular weight excluding hydrogens is 961 g/mol. The Bertz CT molecular complexity index is 1440. The van der Waals surface area contributed by atoms with E-state index >= 15 is 0 Å². The van der Waals surface area contributed by atoms with E-state index < -0.39 is 12.1 Å². The Morgan fingerprint density at radius 2 is 0.551 bits per heavy atom. The molecule has 0 fully saturated rings. The normalized spacial score (nSPS) is 12.5. The van der Waals surface area contributed by atoms with Crippen LogP contribution < -0.4 is 0 Å². The summed E-state index contributed by atoms with van der Waals surface area (Å²) in [6.07, 6.45) is 86.7. The second-order valence-corrected chi connectivity index (χ2v) is 22.7. The van der Waals surface area contributed by atoms with E-state index in [1.165, 1.54) is 238 Å². The Balaban J connectivity index is 4.34. The van der Waals surface area contributed by atoms with Crippen LogP contribution in [0.5, 0.6) is 0 Å². The molecule has 0 aliphatic heterocycles. The van der Waals surface area contributed by atoms with Crippen molar-refractivity contribution < 1.29 is 28.6 Å². The van der Waals surface area contributed by atoms with Gasteiger partial charge in [0.2, 0.25) is 0 Å². The van der Waals surface area contributed by atoms with E-state index in [-0.39, 0.29) is 31.6 Å². The van der Waals surface area contributed by atoms with Crippen LogP contribution in [0.2, 0.25) is 0 Å². The molecule has 0 radical (unpaired) electrons. The van der Waals surface area contributed by atoms with E-state index in [9.17, 15) is 14.4 Å². The summed E-state index contributed by atoms with van der Waals surface area (Å²) in [5, 5.41) is 0. The van der Waals surface area contributed by atoms with Crippen LogP contribution in [0.1, 0.15) is 348 Å². The number of rotatable bonds is 62.